The van der Waals surface area contributed by atoms with Crippen molar-refractivity contribution < 1.29 is 4.74 Å². The van der Waals surface area contributed by atoms with E-state index in [2.05, 4.69) is 35.0 Å². The quantitative estimate of drug-likeness (QED) is 0.901. The molecule has 14 heavy (non-hydrogen) atoms. The minimum Gasteiger partial charge on any atom is -0.495 e. The molecule has 0 radical (unpaired) electrons. The number of methoxy groups -OCH3 is 1. The van der Waals surface area contributed by atoms with Crippen molar-refractivity contribution in [2.75, 3.05) is 13.7 Å². The molecule has 0 atom stereocenters. The van der Waals surface area contributed by atoms with Crippen molar-refractivity contribution >= 4 is 15.9 Å². The van der Waals surface area contributed by atoms with Gasteiger partial charge in [-0.15, -0.1) is 0 Å². The monoisotopic (exact) mass is 257 g/mol. The van der Waals surface area contributed by atoms with Crippen LogP contribution in [0.25, 0.3) is 0 Å². The fourth-order valence-corrected chi connectivity index (χ4v) is 1.95. The Kier molecular flexibility index (Phi) is 4.42. The molecular weight excluding hydrogens is 242 g/mol. The molecule has 0 amide bonds. The molecule has 0 saturated carbocycles. The van der Waals surface area contributed by atoms with Gasteiger partial charge in [0.05, 0.1) is 11.6 Å². The van der Waals surface area contributed by atoms with E-state index in [1.807, 2.05) is 0 Å². The summed E-state index contributed by atoms with van der Waals surface area (Å²) in [6.45, 7) is 2.77. The van der Waals surface area contributed by atoms with Gasteiger partial charge in [0.15, 0.2) is 0 Å². The number of ether oxygens (including phenoxy) is 1. The largest absolute Gasteiger partial charge is 0.495 e. The molecule has 2 N–H and O–H groups in total. The zero-order chi connectivity index (χ0) is 10.6. The molecule has 0 aliphatic heterocycles. The van der Waals surface area contributed by atoms with Crippen LogP contribution in [-0.4, -0.2) is 13.7 Å². The Labute approximate surface area is 93.6 Å². The van der Waals surface area contributed by atoms with Gasteiger partial charge in [0.1, 0.15) is 5.75 Å². The Balaban J connectivity index is 2.98. The minimum atomic E-state index is 0.717. The van der Waals surface area contributed by atoms with Gasteiger partial charge in [-0.2, -0.15) is 0 Å². The van der Waals surface area contributed by atoms with Crippen LogP contribution in [-0.2, 0) is 6.42 Å². The SMILES string of the molecule is COc1c(CCCN)ccc(C)c1Br. The number of hydrogen-bond acceptors (Lipinski definition) is 2. The third-order valence-corrected chi connectivity index (χ3v) is 3.21. The average molecular weight is 258 g/mol. The third-order valence-electron chi connectivity index (χ3n) is 2.23. The molecule has 78 valence electrons. The number of aryl methyl sites for hydroxylation is 2. The molecule has 1 aromatic carbocycles. The molecule has 0 aromatic heterocycles. The van der Waals surface area contributed by atoms with Crippen molar-refractivity contribution in [3.8, 4) is 5.75 Å². The molecule has 1 aromatic rings. The predicted molar refractivity (Wildman–Crippen MR) is 62.8 cm³/mol. The first-order valence-electron chi connectivity index (χ1n) is 4.72. The maximum absolute atomic E-state index is 5.48. The molecule has 0 fully saturated rings. The van der Waals surface area contributed by atoms with Crippen LogP contribution in [0.5, 0.6) is 5.75 Å². The first-order chi connectivity index (χ1) is 6.70. The van der Waals surface area contributed by atoms with E-state index in [-0.39, 0.29) is 0 Å². The maximum Gasteiger partial charge on any atom is 0.136 e. The molecule has 0 spiro atoms. The number of hydrogen-bond donors (Lipinski definition) is 1. The van der Waals surface area contributed by atoms with Gasteiger partial charge in [-0.3, -0.25) is 0 Å². The Hall–Kier alpha value is -0.540. The molecule has 0 bridgehead atoms. The van der Waals surface area contributed by atoms with Crippen LogP contribution < -0.4 is 10.5 Å². The van der Waals surface area contributed by atoms with Crippen LogP contribution in [0.4, 0.5) is 0 Å². The summed E-state index contributed by atoms with van der Waals surface area (Å²) in [5, 5.41) is 0. The number of nitrogens with two attached hydrogens (primary N) is 1. The molecule has 0 unspecified atom stereocenters. The Morgan fingerprint density at radius 3 is 2.71 bits per heavy atom. The van der Waals surface area contributed by atoms with Crippen LogP contribution in [0.1, 0.15) is 17.5 Å². The fourth-order valence-electron chi connectivity index (χ4n) is 1.40. The van der Waals surface area contributed by atoms with Gasteiger partial charge in [0.2, 0.25) is 0 Å². The highest BCUT2D eigenvalue weighted by atomic mass is 79.9. The lowest BCUT2D eigenvalue weighted by Crippen LogP contribution is -2.02. The average Bonchev–Trinajstić information content (AvgIpc) is 2.20. The summed E-state index contributed by atoms with van der Waals surface area (Å²) in [6, 6.07) is 4.20. The first kappa shape index (κ1) is 11.5. The Bertz CT molecular complexity index is 312. The van der Waals surface area contributed by atoms with Gasteiger partial charge in [-0.05, 0) is 53.4 Å². The number of rotatable bonds is 4. The maximum atomic E-state index is 5.48. The van der Waals surface area contributed by atoms with Gasteiger partial charge in [0, 0.05) is 0 Å². The lowest BCUT2D eigenvalue weighted by Gasteiger charge is -2.11. The van der Waals surface area contributed by atoms with Gasteiger partial charge in [0.25, 0.3) is 0 Å². The molecule has 0 saturated heterocycles. The molecule has 0 aliphatic carbocycles. The van der Waals surface area contributed by atoms with E-state index in [1.54, 1.807) is 7.11 Å². The Morgan fingerprint density at radius 2 is 2.14 bits per heavy atom. The van der Waals surface area contributed by atoms with Crippen molar-refractivity contribution in [2.24, 2.45) is 5.73 Å². The zero-order valence-corrected chi connectivity index (χ0v) is 10.2. The standard InChI is InChI=1S/C11H16BrNO/c1-8-5-6-9(4-3-7-13)11(14-2)10(8)12/h5-6H,3-4,7,13H2,1-2H3. The molecule has 1 rings (SSSR count). The van der Waals surface area contributed by atoms with E-state index in [9.17, 15) is 0 Å². The first-order valence-corrected chi connectivity index (χ1v) is 5.52. The number of halogens is 1. The summed E-state index contributed by atoms with van der Waals surface area (Å²) < 4.78 is 6.42. The van der Waals surface area contributed by atoms with E-state index in [0.29, 0.717) is 6.54 Å². The second-order valence-electron chi connectivity index (χ2n) is 3.28. The van der Waals surface area contributed by atoms with E-state index < -0.39 is 0 Å². The molecule has 0 aliphatic rings. The van der Waals surface area contributed by atoms with E-state index in [0.717, 1.165) is 23.1 Å². The summed E-state index contributed by atoms with van der Waals surface area (Å²) in [5.74, 6) is 0.943. The predicted octanol–water partition coefficient (Wildman–Crippen LogP) is 2.66. The van der Waals surface area contributed by atoms with Crippen LogP contribution in [0.2, 0.25) is 0 Å². The van der Waals surface area contributed by atoms with E-state index in [4.69, 9.17) is 10.5 Å². The highest BCUT2D eigenvalue weighted by Crippen LogP contribution is 2.32. The summed E-state index contributed by atoms with van der Waals surface area (Å²) >= 11 is 3.53. The van der Waals surface area contributed by atoms with Crippen molar-refractivity contribution in [3.05, 3.63) is 27.7 Å². The third kappa shape index (κ3) is 2.49. The van der Waals surface area contributed by atoms with E-state index >= 15 is 0 Å². The van der Waals surface area contributed by atoms with Crippen molar-refractivity contribution in [3.63, 3.8) is 0 Å². The van der Waals surface area contributed by atoms with Crippen molar-refractivity contribution in [1.82, 2.24) is 0 Å². The smallest absolute Gasteiger partial charge is 0.136 e. The summed E-state index contributed by atoms with van der Waals surface area (Å²) in [6.07, 6.45) is 1.96. The lowest BCUT2D eigenvalue weighted by atomic mass is 10.1. The topological polar surface area (TPSA) is 35.2 Å². The lowest BCUT2D eigenvalue weighted by molar-refractivity contribution is 0.406. The van der Waals surface area contributed by atoms with Crippen LogP contribution >= 0.6 is 15.9 Å². The van der Waals surface area contributed by atoms with Gasteiger partial charge in [-0.25, -0.2) is 0 Å². The number of benzene rings is 1. The van der Waals surface area contributed by atoms with Gasteiger partial charge < -0.3 is 10.5 Å². The Morgan fingerprint density at radius 1 is 1.43 bits per heavy atom. The highest BCUT2D eigenvalue weighted by molar-refractivity contribution is 9.10. The second-order valence-corrected chi connectivity index (χ2v) is 4.07. The second kappa shape index (κ2) is 5.37. The van der Waals surface area contributed by atoms with Crippen LogP contribution in [0.15, 0.2) is 16.6 Å². The molecule has 2 nitrogen and oxygen atoms in total. The van der Waals surface area contributed by atoms with Gasteiger partial charge >= 0.3 is 0 Å². The fraction of sp³-hybridized carbons (Fsp3) is 0.455. The van der Waals surface area contributed by atoms with Crippen LogP contribution in [0.3, 0.4) is 0 Å². The van der Waals surface area contributed by atoms with E-state index in [1.165, 1.54) is 11.1 Å². The zero-order valence-electron chi connectivity index (χ0n) is 8.64. The van der Waals surface area contributed by atoms with Crippen molar-refractivity contribution in [2.45, 2.75) is 19.8 Å². The molecular formula is C11H16BrNO. The molecule has 3 heteroatoms. The highest BCUT2D eigenvalue weighted by Gasteiger charge is 2.08. The molecule has 0 heterocycles. The van der Waals surface area contributed by atoms with Crippen molar-refractivity contribution in [1.29, 1.82) is 0 Å². The van der Waals surface area contributed by atoms with Crippen LogP contribution in [0, 0.1) is 6.92 Å². The van der Waals surface area contributed by atoms with Gasteiger partial charge in [-0.1, -0.05) is 12.1 Å². The minimum absolute atomic E-state index is 0.717. The normalized spacial score (nSPS) is 10.3. The summed E-state index contributed by atoms with van der Waals surface area (Å²) in [7, 11) is 1.70. The summed E-state index contributed by atoms with van der Waals surface area (Å²) in [4.78, 5) is 0. The summed E-state index contributed by atoms with van der Waals surface area (Å²) in [5.41, 5.74) is 7.89.